The standard InChI is InChI=1S/C56H37BN4/c1-4-16-38(17-5-1)40-28-32-43(33-29-40)58(44-34-30-41(31-35-44)39-18-6-2-7-19-39)45-36-52-55-53(37-45)61-51-27-15-14-26-50(51)60-48-24-12-10-22-46(48)54(56(60)61)57(55)47-23-11-13-25-49(47)59(52)42-20-8-3-9-21-42/h1-37H. The SMILES string of the molecule is c1ccc(-c2ccc(N(c3ccc(-c4ccccc4)cc3)c3cc4c5c(c3)-n3c6ccccc6n6c7ccccc7c(c36)B5c3ccccc3N4c3ccccc3)cc2)cc1. The molecule has 284 valence electrons. The summed E-state index contributed by atoms with van der Waals surface area (Å²) in [5.74, 6) is 0. The summed E-state index contributed by atoms with van der Waals surface area (Å²) in [6.45, 7) is 0.0192. The van der Waals surface area contributed by atoms with Crippen molar-refractivity contribution in [1.82, 2.24) is 8.97 Å². The molecule has 9 aromatic carbocycles. The third kappa shape index (κ3) is 5.01. The van der Waals surface area contributed by atoms with Crippen LogP contribution in [0.15, 0.2) is 224 Å². The van der Waals surface area contributed by atoms with E-state index >= 15 is 0 Å². The Morgan fingerprint density at radius 1 is 0.361 bits per heavy atom. The molecule has 4 nitrogen and oxygen atoms in total. The highest BCUT2D eigenvalue weighted by molar-refractivity contribution is 7.01. The van der Waals surface area contributed by atoms with E-state index in [0.717, 1.165) is 22.7 Å². The second kappa shape index (κ2) is 13.3. The molecule has 2 aromatic heterocycles. The molecule has 0 N–H and O–H groups in total. The number of para-hydroxylation sites is 5. The van der Waals surface area contributed by atoms with Gasteiger partial charge in [-0.25, -0.2) is 0 Å². The fraction of sp³-hybridized carbons (Fsp3) is 0. The van der Waals surface area contributed by atoms with E-state index in [-0.39, 0.29) is 6.71 Å². The average Bonchev–Trinajstić information content (AvgIpc) is 3.86. The molecule has 5 heteroatoms. The second-order valence-corrected chi connectivity index (χ2v) is 16.1. The Kier molecular flexibility index (Phi) is 7.37. The first-order valence-electron chi connectivity index (χ1n) is 21.1. The molecular weight excluding hydrogens is 739 g/mol. The van der Waals surface area contributed by atoms with Crippen molar-refractivity contribution < 1.29 is 0 Å². The number of hydrogen-bond acceptors (Lipinski definition) is 2. The van der Waals surface area contributed by atoms with Gasteiger partial charge in [0.05, 0.1) is 22.2 Å². The summed E-state index contributed by atoms with van der Waals surface area (Å²) in [5.41, 5.74) is 21.6. The van der Waals surface area contributed by atoms with E-state index in [1.807, 2.05) is 0 Å². The van der Waals surface area contributed by atoms with Gasteiger partial charge in [-0.2, -0.15) is 0 Å². The molecule has 0 saturated heterocycles. The number of nitrogens with zero attached hydrogens (tertiary/aromatic N) is 4. The van der Waals surface area contributed by atoms with Crippen molar-refractivity contribution in [2.45, 2.75) is 0 Å². The molecule has 0 amide bonds. The van der Waals surface area contributed by atoms with Crippen LogP contribution < -0.4 is 26.2 Å². The molecule has 2 aliphatic heterocycles. The van der Waals surface area contributed by atoms with Gasteiger partial charge < -0.3 is 9.80 Å². The molecule has 0 aliphatic carbocycles. The molecule has 13 rings (SSSR count). The van der Waals surface area contributed by atoms with Crippen molar-refractivity contribution in [3.63, 3.8) is 0 Å². The quantitative estimate of drug-likeness (QED) is 0.156. The predicted molar refractivity (Wildman–Crippen MR) is 257 cm³/mol. The van der Waals surface area contributed by atoms with E-state index in [1.54, 1.807) is 0 Å². The van der Waals surface area contributed by atoms with Crippen LogP contribution in [-0.4, -0.2) is 15.7 Å². The molecule has 0 unspecified atom stereocenters. The molecule has 4 heterocycles. The first-order valence-corrected chi connectivity index (χ1v) is 21.1. The zero-order valence-corrected chi connectivity index (χ0v) is 33.2. The Bertz CT molecular complexity index is 3380. The molecule has 0 fully saturated rings. The molecule has 0 spiro atoms. The fourth-order valence-electron chi connectivity index (χ4n) is 10.3. The Morgan fingerprint density at radius 3 is 1.52 bits per heavy atom. The van der Waals surface area contributed by atoms with Gasteiger partial charge in [0, 0.05) is 34.1 Å². The maximum atomic E-state index is 2.55. The lowest BCUT2D eigenvalue weighted by Crippen LogP contribution is -2.60. The van der Waals surface area contributed by atoms with Gasteiger partial charge in [0.2, 0.25) is 0 Å². The number of benzene rings is 9. The highest BCUT2D eigenvalue weighted by Crippen LogP contribution is 2.46. The summed E-state index contributed by atoms with van der Waals surface area (Å²) in [6.07, 6.45) is 0. The Balaban J connectivity index is 1.13. The number of rotatable bonds is 6. The van der Waals surface area contributed by atoms with Gasteiger partial charge in [-0.15, -0.1) is 0 Å². The molecule has 0 bridgehead atoms. The highest BCUT2D eigenvalue weighted by Gasteiger charge is 2.44. The van der Waals surface area contributed by atoms with Crippen molar-refractivity contribution in [3.05, 3.63) is 224 Å². The van der Waals surface area contributed by atoms with Crippen molar-refractivity contribution in [2.24, 2.45) is 0 Å². The topological polar surface area (TPSA) is 15.8 Å². The normalized spacial score (nSPS) is 12.5. The van der Waals surface area contributed by atoms with Crippen LogP contribution in [-0.2, 0) is 0 Å². The monoisotopic (exact) mass is 776 g/mol. The van der Waals surface area contributed by atoms with E-state index in [9.17, 15) is 0 Å². The number of aromatic nitrogens is 2. The zero-order valence-electron chi connectivity index (χ0n) is 33.2. The number of fused-ring (bicyclic) bond motifs is 10. The van der Waals surface area contributed by atoms with Gasteiger partial charge in [-0.05, 0) is 117 Å². The highest BCUT2D eigenvalue weighted by atomic mass is 15.2. The molecule has 2 aliphatic rings. The van der Waals surface area contributed by atoms with E-state index in [4.69, 9.17) is 0 Å². The minimum absolute atomic E-state index is 0.0192. The third-order valence-electron chi connectivity index (χ3n) is 12.9. The summed E-state index contributed by atoms with van der Waals surface area (Å²) in [5, 5.41) is 1.30. The summed E-state index contributed by atoms with van der Waals surface area (Å²) < 4.78 is 5.06. The van der Waals surface area contributed by atoms with E-state index < -0.39 is 0 Å². The number of hydrogen-bond donors (Lipinski definition) is 0. The largest absolute Gasteiger partial charge is 0.311 e. The van der Waals surface area contributed by atoms with Gasteiger partial charge in [-0.3, -0.25) is 8.97 Å². The lowest BCUT2D eigenvalue weighted by Gasteiger charge is -2.41. The van der Waals surface area contributed by atoms with Crippen molar-refractivity contribution >= 4 is 84.8 Å². The minimum atomic E-state index is 0.0192. The third-order valence-corrected chi connectivity index (χ3v) is 12.9. The lowest BCUT2D eigenvalue weighted by atomic mass is 9.34. The van der Waals surface area contributed by atoms with E-state index in [1.165, 1.54) is 83.3 Å². The van der Waals surface area contributed by atoms with E-state index in [2.05, 4.69) is 243 Å². The van der Waals surface area contributed by atoms with Crippen LogP contribution in [0.1, 0.15) is 0 Å². The Labute approximate surface area is 354 Å². The van der Waals surface area contributed by atoms with Crippen molar-refractivity contribution in [1.29, 1.82) is 0 Å². The van der Waals surface area contributed by atoms with Crippen molar-refractivity contribution in [3.8, 4) is 27.9 Å². The smallest absolute Gasteiger partial charge is 0.255 e. The predicted octanol–water partition coefficient (Wildman–Crippen LogP) is 12.5. The second-order valence-electron chi connectivity index (χ2n) is 16.1. The molecule has 11 aromatic rings. The average molecular weight is 777 g/mol. The fourth-order valence-corrected chi connectivity index (χ4v) is 10.3. The summed E-state index contributed by atoms with van der Waals surface area (Å²) in [4.78, 5) is 4.93. The molecule has 0 atom stereocenters. The molecular formula is C56H37BN4. The van der Waals surface area contributed by atoms with Gasteiger partial charge in [0.1, 0.15) is 5.65 Å². The van der Waals surface area contributed by atoms with Crippen LogP contribution in [0, 0.1) is 0 Å². The number of anilines is 6. The number of imidazole rings is 1. The summed E-state index contributed by atoms with van der Waals surface area (Å²) in [6, 6.07) is 82.1. The first-order chi connectivity index (χ1) is 30.3. The lowest BCUT2D eigenvalue weighted by molar-refractivity contribution is 1.14. The molecule has 0 saturated carbocycles. The van der Waals surface area contributed by atoms with Gasteiger partial charge in [0.25, 0.3) is 6.71 Å². The van der Waals surface area contributed by atoms with Crippen molar-refractivity contribution in [2.75, 3.05) is 9.80 Å². The first kappa shape index (κ1) is 33.9. The Morgan fingerprint density at radius 2 is 0.869 bits per heavy atom. The summed E-state index contributed by atoms with van der Waals surface area (Å²) >= 11 is 0. The maximum Gasteiger partial charge on any atom is 0.255 e. The van der Waals surface area contributed by atoms with Crippen LogP contribution >= 0.6 is 0 Å². The van der Waals surface area contributed by atoms with Crippen LogP contribution in [0.2, 0.25) is 0 Å². The van der Waals surface area contributed by atoms with Gasteiger partial charge in [0.15, 0.2) is 0 Å². The zero-order chi connectivity index (χ0) is 40.0. The maximum absolute atomic E-state index is 2.55. The van der Waals surface area contributed by atoms with Crippen LogP contribution in [0.4, 0.5) is 34.1 Å². The molecule has 61 heavy (non-hydrogen) atoms. The summed E-state index contributed by atoms with van der Waals surface area (Å²) in [7, 11) is 0. The van der Waals surface area contributed by atoms with Crippen LogP contribution in [0.3, 0.4) is 0 Å². The van der Waals surface area contributed by atoms with Crippen LogP contribution in [0.25, 0.3) is 55.5 Å². The van der Waals surface area contributed by atoms with Crippen LogP contribution in [0.5, 0.6) is 0 Å². The van der Waals surface area contributed by atoms with Gasteiger partial charge >= 0.3 is 0 Å². The minimum Gasteiger partial charge on any atom is -0.311 e. The molecule has 0 radical (unpaired) electrons. The Hall–Kier alpha value is -8.02. The van der Waals surface area contributed by atoms with E-state index in [0.29, 0.717) is 0 Å². The van der Waals surface area contributed by atoms with Gasteiger partial charge in [-0.1, -0.05) is 152 Å².